The summed E-state index contributed by atoms with van der Waals surface area (Å²) in [6.07, 6.45) is 0. The number of para-hydroxylation sites is 1. The van der Waals surface area contributed by atoms with Crippen LogP contribution in [0.3, 0.4) is 0 Å². The zero-order valence-electron chi connectivity index (χ0n) is 8.69. The van der Waals surface area contributed by atoms with Crippen molar-refractivity contribution < 1.29 is 8.83 Å². The molecule has 2 aromatic heterocycles. The van der Waals surface area contributed by atoms with Crippen LogP contribution in [0.25, 0.3) is 33.0 Å². The van der Waals surface area contributed by atoms with Gasteiger partial charge in [0.25, 0.3) is 4.84 Å². The summed E-state index contributed by atoms with van der Waals surface area (Å²) in [4.78, 5) is 3.40. The number of hydrogen-bond acceptors (Lipinski definition) is 3. The maximum Gasteiger partial charge on any atom is 0.266 e. The minimum absolute atomic E-state index is 0.386. The van der Waals surface area contributed by atoms with Crippen LogP contribution < -0.4 is 0 Å². The van der Waals surface area contributed by atoms with Gasteiger partial charge >= 0.3 is 0 Å². The molecule has 1 N–H and O–H groups in total. The second-order valence-corrected chi connectivity index (χ2v) is 4.33. The van der Waals surface area contributed by atoms with Crippen molar-refractivity contribution in [3.05, 3.63) is 41.2 Å². The number of benzene rings is 2. The molecular weight excluding hydrogens is 234 g/mol. The largest absolute Gasteiger partial charge is 0.456 e. The zero-order chi connectivity index (χ0) is 11.4. The lowest BCUT2D eigenvalue weighted by atomic mass is 10.1. The lowest BCUT2D eigenvalue weighted by molar-refractivity contribution is 0.582. The van der Waals surface area contributed by atoms with Gasteiger partial charge in [0.15, 0.2) is 5.58 Å². The first-order valence-electron chi connectivity index (χ1n) is 5.25. The van der Waals surface area contributed by atoms with Crippen molar-refractivity contribution >= 4 is 45.3 Å². The molecule has 4 heteroatoms. The van der Waals surface area contributed by atoms with Gasteiger partial charge in [0, 0.05) is 16.8 Å². The number of fused-ring (bicyclic) bond motifs is 4. The number of oxazole rings is 1. The third-order valence-electron chi connectivity index (χ3n) is 2.92. The van der Waals surface area contributed by atoms with E-state index in [0.717, 1.165) is 33.0 Å². The summed E-state index contributed by atoms with van der Waals surface area (Å²) < 4.78 is 11.1. The van der Waals surface area contributed by atoms with Crippen LogP contribution >= 0.6 is 12.2 Å². The fraction of sp³-hybridized carbons (Fsp3) is 0. The monoisotopic (exact) mass is 241 g/mol. The molecule has 2 heterocycles. The number of furan rings is 1. The van der Waals surface area contributed by atoms with Crippen LogP contribution in [0.15, 0.2) is 45.2 Å². The molecule has 0 aliphatic rings. The second-order valence-electron chi connectivity index (χ2n) is 3.96. The molecule has 17 heavy (non-hydrogen) atoms. The van der Waals surface area contributed by atoms with Gasteiger partial charge in [-0.2, -0.15) is 0 Å². The SMILES string of the molecule is S=c1[nH]c2cc3c(cc2o1)oc1ccccc13. The summed E-state index contributed by atoms with van der Waals surface area (Å²) in [6, 6.07) is 11.8. The van der Waals surface area contributed by atoms with Crippen molar-refractivity contribution in [2.45, 2.75) is 0 Å². The summed E-state index contributed by atoms with van der Waals surface area (Å²) in [6.45, 7) is 0. The molecule has 2 aromatic carbocycles. The smallest absolute Gasteiger partial charge is 0.266 e. The molecule has 0 radical (unpaired) electrons. The minimum atomic E-state index is 0.386. The van der Waals surface area contributed by atoms with Gasteiger partial charge in [-0.15, -0.1) is 0 Å². The normalized spacial score (nSPS) is 11.8. The third-order valence-corrected chi connectivity index (χ3v) is 3.10. The topological polar surface area (TPSA) is 42.1 Å². The molecule has 0 amide bonds. The van der Waals surface area contributed by atoms with Crippen LogP contribution in [0.5, 0.6) is 0 Å². The second kappa shape index (κ2) is 2.99. The van der Waals surface area contributed by atoms with E-state index in [1.54, 1.807) is 0 Å². The molecule has 0 bridgehead atoms. The van der Waals surface area contributed by atoms with Crippen LogP contribution in [0.4, 0.5) is 0 Å². The van der Waals surface area contributed by atoms with Crippen LogP contribution in [0, 0.1) is 4.84 Å². The van der Waals surface area contributed by atoms with Crippen molar-refractivity contribution in [3.8, 4) is 0 Å². The van der Waals surface area contributed by atoms with Gasteiger partial charge in [-0.3, -0.25) is 0 Å². The standard InChI is InChI=1S/C13H7NO2S/c17-13-14-9-5-8-7-3-1-2-4-10(7)15-11(8)6-12(9)16-13/h1-6H,(H,14,17). The Balaban J connectivity index is 2.30. The van der Waals surface area contributed by atoms with E-state index >= 15 is 0 Å². The van der Waals surface area contributed by atoms with Crippen LogP contribution in [0.2, 0.25) is 0 Å². The molecule has 0 saturated carbocycles. The highest BCUT2D eigenvalue weighted by Crippen LogP contribution is 2.31. The van der Waals surface area contributed by atoms with Crippen molar-refractivity contribution in [2.75, 3.05) is 0 Å². The quantitative estimate of drug-likeness (QED) is 0.464. The Morgan fingerprint density at radius 2 is 1.76 bits per heavy atom. The van der Waals surface area contributed by atoms with Gasteiger partial charge < -0.3 is 13.8 Å². The van der Waals surface area contributed by atoms with Crippen LogP contribution in [-0.4, -0.2) is 4.98 Å². The van der Waals surface area contributed by atoms with E-state index in [1.165, 1.54) is 0 Å². The van der Waals surface area contributed by atoms with Crippen molar-refractivity contribution in [1.82, 2.24) is 4.98 Å². The fourth-order valence-electron chi connectivity index (χ4n) is 2.17. The lowest BCUT2D eigenvalue weighted by Gasteiger charge is -1.88. The number of hydrogen-bond donors (Lipinski definition) is 1. The minimum Gasteiger partial charge on any atom is -0.456 e. The average Bonchev–Trinajstić information content (AvgIpc) is 2.84. The molecule has 4 aromatic rings. The van der Waals surface area contributed by atoms with E-state index in [9.17, 15) is 0 Å². The molecule has 0 spiro atoms. The molecule has 0 aliphatic heterocycles. The Morgan fingerprint density at radius 3 is 2.71 bits per heavy atom. The number of nitrogens with one attached hydrogen (secondary N) is 1. The summed E-state index contributed by atoms with van der Waals surface area (Å²) in [5.41, 5.74) is 3.32. The summed E-state index contributed by atoms with van der Waals surface area (Å²) in [7, 11) is 0. The fourth-order valence-corrected chi connectivity index (χ4v) is 2.37. The first-order valence-corrected chi connectivity index (χ1v) is 5.66. The Hall–Kier alpha value is -2.07. The van der Waals surface area contributed by atoms with E-state index in [0.29, 0.717) is 4.84 Å². The van der Waals surface area contributed by atoms with Crippen molar-refractivity contribution in [3.63, 3.8) is 0 Å². The maximum atomic E-state index is 5.76. The number of H-pyrrole nitrogens is 1. The molecule has 4 rings (SSSR count). The first kappa shape index (κ1) is 9.01. The molecule has 0 atom stereocenters. The van der Waals surface area contributed by atoms with Gasteiger partial charge in [-0.1, -0.05) is 18.2 Å². The number of aromatic amines is 1. The molecule has 0 saturated heterocycles. The summed E-state index contributed by atoms with van der Waals surface area (Å²) >= 11 is 4.97. The maximum absolute atomic E-state index is 5.76. The highest BCUT2D eigenvalue weighted by atomic mass is 32.1. The van der Waals surface area contributed by atoms with Gasteiger partial charge in [0.2, 0.25) is 0 Å². The van der Waals surface area contributed by atoms with Crippen LogP contribution in [-0.2, 0) is 0 Å². The van der Waals surface area contributed by atoms with Gasteiger partial charge in [-0.25, -0.2) is 0 Å². The van der Waals surface area contributed by atoms with E-state index in [2.05, 4.69) is 4.98 Å². The zero-order valence-corrected chi connectivity index (χ0v) is 9.51. The molecule has 3 nitrogen and oxygen atoms in total. The summed E-state index contributed by atoms with van der Waals surface area (Å²) in [5.74, 6) is 0. The van der Waals surface area contributed by atoms with Gasteiger partial charge in [0.1, 0.15) is 11.2 Å². The van der Waals surface area contributed by atoms with Crippen molar-refractivity contribution in [2.24, 2.45) is 0 Å². The molecular formula is C13H7NO2S. The van der Waals surface area contributed by atoms with E-state index in [-0.39, 0.29) is 0 Å². The summed E-state index contributed by atoms with van der Waals surface area (Å²) in [5, 5.41) is 2.17. The Bertz CT molecular complexity index is 913. The molecule has 0 unspecified atom stereocenters. The van der Waals surface area contributed by atoms with E-state index in [1.807, 2.05) is 36.4 Å². The van der Waals surface area contributed by atoms with Gasteiger partial charge in [-0.05, 0) is 24.4 Å². The molecule has 0 aliphatic carbocycles. The number of rotatable bonds is 0. The average molecular weight is 241 g/mol. The molecule has 0 fully saturated rings. The highest BCUT2D eigenvalue weighted by Gasteiger charge is 2.09. The van der Waals surface area contributed by atoms with Crippen LogP contribution in [0.1, 0.15) is 0 Å². The Labute approximate surface area is 101 Å². The predicted molar refractivity (Wildman–Crippen MR) is 68.7 cm³/mol. The predicted octanol–water partition coefficient (Wildman–Crippen LogP) is 4.39. The molecule has 82 valence electrons. The Kier molecular flexibility index (Phi) is 1.58. The first-order chi connectivity index (χ1) is 8.31. The lowest BCUT2D eigenvalue weighted by Crippen LogP contribution is -1.69. The van der Waals surface area contributed by atoms with E-state index < -0.39 is 0 Å². The number of aromatic nitrogens is 1. The third kappa shape index (κ3) is 1.18. The van der Waals surface area contributed by atoms with Gasteiger partial charge in [0.05, 0.1) is 5.52 Å². The highest BCUT2D eigenvalue weighted by molar-refractivity contribution is 7.71. The van der Waals surface area contributed by atoms with E-state index in [4.69, 9.17) is 21.1 Å². The Morgan fingerprint density at radius 1 is 0.882 bits per heavy atom. The van der Waals surface area contributed by atoms with Crippen molar-refractivity contribution in [1.29, 1.82) is 0 Å².